The van der Waals surface area contributed by atoms with E-state index in [4.69, 9.17) is 0 Å². The predicted octanol–water partition coefficient (Wildman–Crippen LogP) is 4.77. The van der Waals surface area contributed by atoms with Crippen LogP contribution in [0.5, 0.6) is 0 Å². The van der Waals surface area contributed by atoms with Crippen molar-refractivity contribution in [2.24, 2.45) is 40.4 Å². The van der Waals surface area contributed by atoms with Gasteiger partial charge in [-0.15, -0.1) is 0 Å². The van der Waals surface area contributed by atoms with Crippen molar-refractivity contribution in [3.8, 4) is 0 Å². The molecule has 32 heavy (non-hydrogen) atoms. The van der Waals surface area contributed by atoms with Gasteiger partial charge in [0.2, 0.25) is 5.91 Å². The summed E-state index contributed by atoms with van der Waals surface area (Å²) in [6.45, 7) is 11.2. The lowest BCUT2D eigenvalue weighted by Gasteiger charge is -2.58. The minimum absolute atomic E-state index is 0.111. The van der Waals surface area contributed by atoms with Crippen molar-refractivity contribution in [3.05, 3.63) is 11.6 Å². The van der Waals surface area contributed by atoms with Crippen molar-refractivity contribution in [2.75, 3.05) is 26.2 Å². The van der Waals surface area contributed by atoms with Gasteiger partial charge in [-0.25, -0.2) is 0 Å². The molecule has 1 amide bonds. The summed E-state index contributed by atoms with van der Waals surface area (Å²) in [6, 6.07) is 0. The Balaban J connectivity index is 1.25. The number of hydrogen-bond donors (Lipinski definition) is 2. The zero-order chi connectivity index (χ0) is 22.5. The second kappa shape index (κ2) is 8.73. The maximum atomic E-state index is 12.7. The number of carbonyl (C=O) groups is 1. The Bertz CT molecular complexity index is 744. The van der Waals surface area contributed by atoms with Crippen molar-refractivity contribution in [2.45, 2.75) is 91.1 Å². The van der Waals surface area contributed by atoms with Gasteiger partial charge in [-0.2, -0.15) is 0 Å². The summed E-state index contributed by atoms with van der Waals surface area (Å²) >= 11 is 0. The van der Waals surface area contributed by atoms with E-state index in [0.717, 1.165) is 75.5 Å². The van der Waals surface area contributed by atoms with Crippen molar-refractivity contribution in [1.29, 1.82) is 0 Å². The van der Waals surface area contributed by atoms with Crippen molar-refractivity contribution in [3.63, 3.8) is 0 Å². The van der Waals surface area contributed by atoms with Crippen molar-refractivity contribution < 1.29 is 9.90 Å². The van der Waals surface area contributed by atoms with Crippen molar-refractivity contribution in [1.82, 2.24) is 10.2 Å². The highest BCUT2D eigenvalue weighted by molar-refractivity contribution is 5.76. The minimum Gasteiger partial charge on any atom is -0.393 e. The molecule has 0 bridgehead atoms. The predicted molar refractivity (Wildman–Crippen MR) is 129 cm³/mol. The van der Waals surface area contributed by atoms with E-state index < -0.39 is 0 Å². The Morgan fingerprint density at radius 1 is 1.16 bits per heavy atom. The fourth-order valence-electron chi connectivity index (χ4n) is 9.24. The molecule has 0 radical (unpaired) electrons. The second-order valence-electron chi connectivity index (χ2n) is 12.5. The van der Waals surface area contributed by atoms with Crippen LogP contribution in [0.25, 0.3) is 0 Å². The quantitative estimate of drug-likeness (QED) is 0.617. The van der Waals surface area contributed by atoms with E-state index in [1.165, 1.54) is 38.5 Å². The molecule has 0 unspecified atom stereocenters. The SMILES string of the molecule is C[C@H](CCC(=O)N1CCNCC1)[C@H]1CC[C@H]2[C@@H]3CC=C4C[C@@H](O)CC[C@]4(C)[C@H]3CC[C@]12C. The summed E-state index contributed by atoms with van der Waals surface area (Å²) in [5, 5.41) is 13.6. The fourth-order valence-corrected chi connectivity index (χ4v) is 9.24. The second-order valence-corrected chi connectivity index (χ2v) is 12.5. The smallest absolute Gasteiger partial charge is 0.222 e. The van der Waals surface area contributed by atoms with Gasteiger partial charge in [-0.05, 0) is 98.2 Å². The molecule has 5 aliphatic rings. The lowest BCUT2D eigenvalue weighted by Crippen LogP contribution is -2.50. The van der Waals surface area contributed by atoms with Gasteiger partial charge in [-0.3, -0.25) is 4.79 Å². The molecular weight excluding hydrogens is 396 g/mol. The Labute approximate surface area is 195 Å². The molecule has 0 aromatic heterocycles. The molecule has 1 saturated heterocycles. The third-order valence-corrected chi connectivity index (χ3v) is 11.1. The van der Waals surface area contributed by atoms with Gasteiger partial charge >= 0.3 is 0 Å². The Morgan fingerprint density at radius 2 is 1.94 bits per heavy atom. The number of aliphatic hydroxyl groups is 1. The Morgan fingerprint density at radius 3 is 2.72 bits per heavy atom. The molecule has 4 aliphatic carbocycles. The molecule has 5 rings (SSSR count). The molecule has 4 fully saturated rings. The molecule has 3 saturated carbocycles. The topological polar surface area (TPSA) is 52.6 Å². The van der Waals surface area contributed by atoms with Crippen molar-refractivity contribution >= 4 is 5.91 Å². The van der Waals surface area contributed by atoms with Gasteiger partial charge < -0.3 is 15.3 Å². The molecule has 1 aliphatic heterocycles. The average Bonchev–Trinajstić information content (AvgIpc) is 3.15. The van der Waals surface area contributed by atoms with E-state index in [2.05, 4.69) is 37.1 Å². The van der Waals surface area contributed by atoms with E-state index in [1.807, 2.05) is 0 Å². The highest BCUT2D eigenvalue weighted by Crippen LogP contribution is 2.67. The molecule has 4 heteroatoms. The highest BCUT2D eigenvalue weighted by atomic mass is 16.3. The van der Waals surface area contributed by atoms with Crippen LogP contribution in [-0.2, 0) is 4.79 Å². The Kier molecular flexibility index (Phi) is 6.24. The number of carbonyl (C=O) groups excluding carboxylic acids is 1. The van der Waals surface area contributed by atoms with Crippen LogP contribution in [0.1, 0.15) is 85.0 Å². The summed E-state index contributed by atoms with van der Waals surface area (Å²) in [6.07, 6.45) is 14.0. The summed E-state index contributed by atoms with van der Waals surface area (Å²) in [4.78, 5) is 14.8. The Hall–Kier alpha value is -0.870. The average molecular weight is 443 g/mol. The first-order valence-electron chi connectivity index (χ1n) is 13.7. The van der Waals surface area contributed by atoms with Crippen LogP contribution in [0.2, 0.25) is 0 Å². The van der Waals surface area contributed by atoms with E-state index in [1.54, 1.807) is 5.57 Å². The number of rotatable bonds is 4. The number of aliphatic hydroxyl groups excluding tert-OH is 1. The third kappa shape index (κ3) is 3.78. The van der Waals surface area contributed by atoms with Gasteiger partial charge in [0.05, 0.1) is 6.10 Å². The summed E-state index contributed by atoms with van der Waals surface area (Å²) in [5.74, 6) is 4.28. The van der Waals surface area contributed by atoms with Crippen LogP contribution >= 0.6 is 0 Å². The maximum Gasteiger partial charge on any atom is 0.222 e. The number of hydrogen-bond acceptors (Lipinski definition) is 3. The number of nitrogens with zero attached hydrogens (tertiary/aromatic N) is 1. The fraction of sp³-hybridized carbons (Fsp3) is 0.893. The zero-order valence-corrected chi connectivity index (χ0v) is 20.7. The monoisotopic (exact) mass is 442 g/mol. The van der Waals surface area contributed by atoms with Gasteiger partial charge in [0.15, 0.2) is 0 Å². The molecule has 1 heterocycles. The van der Waals surface area contributed by atoms with Crippen LogP contribution in [0.4, 0.5) is 0 Å². The molecular formula is C28H46N2O2. The third-order valence-electron chi connectivity index (χ3n) is 11.1. The van der Waals surface area contributed by atoms with Crippen LogP contribution in [0.3, 0.4) is 0 Å². The number of allylic oxidation sites excluding steroid dienone is 1. The van der Waals surface area contributed by atoms with E-state index in [-0.39, 0.29) is 6.10 Å². The van der Waals surface area contributed by atoms with Crippen LogP contribution < -0.4 is 5.32 Å². The maximum absolute atomic E-state index is 12.7. The molecule has 4 nitrogen and oxygen atoms in total. The first-order valence-corrected chi connectivity index (χ1v) is 13.7. The molecule has 180 valence electrons. The van der Waals surface area contributed by atoms with E-state index >= 15 is 0 Å². The van der Waals surface area contributed by atoms with Gasteiger partial charge in [0.25, 0.3) is 0 Å². The van der Waals surface area contributed by atoms with E-state index in [9.17, 15) is 9.90 Å². The molecule has 0 aromatic rings. The standard InChI is InChI=1S/C28H46N2O2/c1-19(4-9-26(32)30-16-14-29-15-17-30)23-7-8-24-22-6-5-20-18-21(31)10-12-27(20,2)25(22)11-13-28(23,24)3/h5,19,21-25,29,31H,4,6-18H2,1-3H3/t19-,21+,22+,23-,24+,25+,27+,28-/m1/s1. The van der Waals surface area contributed by atoms with Gasteiger partial charge in [0.1, 0.15) is 0 Å². The first-order chi connectivity index (χ1) is 15.3. The molecule has 0 spiro atoms. The zero-order valence-electron chi connectivity index (χ0n) is 20.7. The van der Waals surface area contributed by atoms with Crippen LogP contribution in [0.15, 0.2) is 11.6 Å². The van der Waals surface area contributed by atoms with Gasteiger partial charge in [-0.1, -0.05) is 32.4 Å². The number of fused-ring (bicyclic) bond motifs is 5. The van der Waals surface area contributed by atoms with E-state index in [0.29, 0.717) is 22.7 Å². The van der Waals surface area contributed by atoms with Gasteiger partial charge in [0, 0.05) is 32.6 Å². The highest BCUT2D eigenvalue weighted by Gasteiger charge is 2.59. The number of piperazine rings is 1. The van der Waals surface area contributed by atoms with Crippen LogP contribution in [0, 0.1) is 40.4 Å². The lowest BCUT2D eigenvalue weighted by molar-refractivity contribution is -0.132. The number of amides is 1. The normalized spacial score (nSPS) is 44.8. The summed E-state index contributed by atoms with van der Waals surface area (Å²) in [7, 11) is 0. The lowest BCUT2D eigenvalue weighted by atomic mass is 9.47. The molecule has 0 aromatic carbocycles. The molecule has 2 N–H and O–H groups in total. The first kappa shape index (κ1) is 22.9. The molecule has 8 atom stereocenters. The summed E-state index contributed by atoms with van der Waals surface area (Å²) < 4.78 is 0. The summed E-state index contributed by atoms with van der Waals surface area (Å²) in [5.41, 5.74) is 2.37. The minimum atomic E-state index is -0.111. The van der Waals surface area contributed by atoms with Crippen LogP contribution in [-0.4, -0.2) is 48.2 Å². The number of nitrogens with one attached hydrogen (secondary N) is 1. The largest absolute Gasteiger partial charge is 0.393 e.